The summed E-state index contributed by atoms with van der Waals surface area (Å²) in [6.45, 7) is 4.87. The molecule has 3 rings (SSSR count). The van der Waals surface area contributed by atoms with Crippen molar-refractivity contribution in [1.82, 2.24) is 4.90 Å². The number of fused-ring (bicyclic) bond motifs is 1. The van der Waals surface area contributed by atoms with Gasteiger partial charge in [0.15, 0.2) is 0 Å². The van der Waals surface area contributed by atoms with Crippen LogP contribution in [0.1, 0.15) is 28.4 Å². The van der Waals surface area contributed by atoms with Crippen LogP contribution in [0, 0.1) is 0 Å². The number of anilines is 1. The minimum Gasteiger partial charge on any atom is -0.496 e. The van der Waals surface area contributed by atoms with E-state index in [2.05, 4.69) is 32.2 Å². The quantitative estimate of drug-likeness (QED) is 0.678. The Labute approximate surface area is 173 Å². The maximum absolute atomic E-state index is 13.0. The number of methoxy groups -OCH3 is 1. The first-order chi connectivity index (χ1) is 13.6. The summed E-state index contributed by atoms with van der Waals surface area (Å²) in [6, 6.07) is 9.38. The Hall–Kier alpha value is -2.09. The first kappa shape index (κ1) is 20.6. The maximum Gasteiger partial charge on any atom is 0.259 e. The number of nitrogens with one attached hydrogen (secondary N) is 1. The van der Waals surface area contributed by atoms with E-state index in [1.54, 1.807) is 12.1 Å². The smallest absolute Gasteiger partial charge is 0.259 e. The molecule has 0 saturated heterocycles. The molecule has 0 aromatic heterocycles. The monoisotopic (exact) mass is 448 g/mol. The fourth-order valence-electron chi connectivity index (χ4n) is 3.45. The second-order valence-electron chi connectivity index (χ2n) is 6.56. The first-order valence-corrected chi connectivity index (χ1v) is 10.1. The molecule has 0 spiro atoms. The third-order valence-electron chi connectivity index (χ3n) is 4.81. The summed E-state index contributed by atoms with van der Waals surface area (Å²) in [4.78, 5) is 15.2. The van der Waals surface area contributed by atoms with E-state index < -0.39 is 0 Å². The molecule has 0 aliphatic carbocycles. The summed E-state index contributed by atoms with van der Waals surface area (Å²) >= 11 is 3.46. The van der Waals surface area contributed by atoms with Crippen LogP contribution in [0.15, 0.2) is 34.8 Å². The van der Waals surface area contributed by atoms with Gasteiger partial charge in [-0.05, 0) is 52.5 Å². The van der Waals surface area contributed by atoms with Crippen LogP contribution in [-0.2, 0) is 13.0 Å². The summed E-state index contributed by atoms with van der Waals surface area (Å²) in [5.41, 5.74) is 3.58. The molecule has 1 heterocycles. The van der Waals surface area contributed by atoms with E-state index in [4.69, 9.17) is 14.6 Å². The van der Waals surface area contributed by atoms with Crippen LogP contribution in [0.2, 0.25) is 0 Å². The van der Waals surface area contributed by atoms with E-state index in [0.29, 0.717) is 34.7 Å². The number of aliphatic hydroxyl groups excluding tert-OH is 1. The highest BCUT2D eigenvalue weighted by atomic mass is 79.9. The molecule has 1 aliphatic heterocycles. The van der Waals surface area contributed by atoms with Gasteiger partial charge < -0.3 is 19.9 Å². The normalized spacial score (nSPS) is 13.7. The third kappa shape index (κ3) is 4.48. The third-order valence-corrected chi connectivity index (χ3v) is 5.43. The predicted octanol–water partition coefficient (Wildman–Crippen LogP) is 3.46. The van der Waals surface area contributed by atoms with Gasteiger partial charge in [0.1, 0.15) is 11.5 Å². The summed E-state index contributed by atoms with van der Waals surface area (Å²) in [5.74, 6) is 0.867. The minimum atomic E-state index is -0.230. The van der Waals surface area contributed by atoms with E-state index >= 15 is 0 Å². The lowest BCUT2D eigenvalue weighted by Crippen LogP contribution is -2.33. The SMILES string of the molecule is CCOc1cc(OC)c(C(=O)Nc2cccc3c2CCN(CCO)C3)cc1Br. The second-order valence-corrected chi connectivity index (χ2v) is 7.42. The number of carbonyl (C=O) groups is 1. The first-order valence-electron chi connectivity index (χ1n) is 9.33. The maximum atomic E-state index is 13.0. The van der Waals surface area contributed by atoms with E-state index in [0.717, 1.165) is 30.8 Å². The Morgan fingerprint density at radius 1 is 1.32 bits per heavy atom. The van der Waals surface area contributed by atoms with Crippen molar-refractivity contribution in [2.45, 2.75) is 19.9 Å². The topological polar surface area (TPSA) is 71.0 Å². The van der Waals surface area contributed by atoms with Crippen molar-refractivity contribution < 1.29 is 19.4 Å². The highest BCUT2D eigenvalue weighted by molar-refractivity contribution is 9.10. The molecule has 2 aromatic rings. The molecule has 0 fully saturated rings. The fraction of sp³-hybridized carbons (Fsp3) is 0.381. The number of rotatable bonds is 7. The molecule has 7 heteroatoms. The standard InChI is InChI=1S/C21H25BrN2O4/c1-3-28-20-12-19(27-2)16(11-17(20)22)21(26)23-18-6-4-5-14-13-24(9-10-25)8-7-15(14)18/h4-6,11-12,25H,3,7-10,13H2,1-2H3,(H,23,26). The van der Waals surface area contributed by atoms with Gasteiger partial charge in [0.25, 0.3) is 5.91 Å². The number of nitrogens with zero attached hydrogens (tertiary/aromatic N) is 1. The number of halogens is 1. The number of amides is 1. The van der Waals surface area contributed by atoms with Crippen LogP contribution >= 0.6 is 15.9 Å². The summed E-state index contributed by atoms with van der Waals surface area (Å²) in [7, 11) is 1.54. The van der Waals surface area contributed by atoms with Crippen molar-refractivity contribution in [2.75, 3.05) is 38.7 Å². The summed E-state index contributed by atoms with van der Waals surface area (Å²) < 4.78 is 11.7. The largest absolute Gasteiger partial charge is 0.496 e. The molecule has 0 unspecified atom stereocenters. The Bertz CT molecular complexity index is 857. The van der Waals surface area contributed by atoms with E-state index in [1.165, 1.54) is 12.7 Å². The number of hydrogen-bond donors (Lipinski definition) is 2. The van der Waals surface area contributed by atoms with Crippen LogP contribution in [-0.4, -0.2) is 49.3 Å². The summed E-state index contributed by atoms with van der Waals surface area (Å²) in [5, 5.41) is 12.2. The van der Waals surface area contributed by atoms with Crippen molar-refractivity contribution in [3.05, 3.63) is 51.5 Å². The number of benzene rings is 2. The van der Waals surface area contributed by atoms with Gasteiger partial charge in [-0.1, -0.05) is 12.1 Å². The Kier molecular flexibility index (Phi) is 6.93. The van der Waals surface area contributed by atoms with Crippen LogP contribution in [0.4, 0.5) is 5.69 Å². The van der Waals surface area contributed by atoms with Gasteiger partial charge in [-0.25, -0.2) is 0 Å². The lowest BCUT2D eigenvalue weighted by molar-refractivity contribution is 0.102. The molecule has 2 N–H and O–H groups in total. The van der Waals surface area contributed by atoms with Crippen molar-refractivity contribution in [1.29, 1.82) is 0 Å². The minimum absolute atomic E-state index is 0.151. The van der Waals surface area contributed by atoms with Crippen LogP contribution < -0.4 is 14.8 Å². The lowest BCUT2D eigenvalue weighted by Gasteiger charge is -2.29. The molecule has 0 bridgehead atoms. The molecule has 0 saturated carbocycles. The van der Waals surface area contributed by atoms with Crippen molar-refractivity contribution >= 4 is 27.5 Å². The number of ether oxygens (including phenoxy) is 2. The number of hydrogen-bond acceptors (Lipinski definition) is 5. The zero-order chi connectivity index (χ0) is 20.1. The van der Waals surface area contributed by atoms with Gasteiger partial charge in [-0.3, -0.25) is 9.69 Å². The fourth-order valence-corrected chi connectivity index (χ4v) is 3.91. The van der Waals surface area contributed by atoms with Crippen molar-refractivity contribution in [2.24, 2.45) is 0 Å². The Balaban J connectivity index is 1.84. The number of carbonyl (C=O) groups excluding carboxylic acids is 1. The van der Waals surface area contributed by atoms with Crippen LogP contribution in [0.5, 0.6) is 11.5 Å². The van der Waals surface area contributed by atoms with Crippen LogP contribution in [0.25, 0.3) is 0 Å². The molecule has 1 amide bonds. The van der Waals surface area contributed by atoms with E-state index in [9.17, 15) is 4.79 Å². The molecular formula is C21H25BrN2O4. The van der Waals surface area contributed by atoms with E-state index in [1.807, 2.05) is 19.1 Å². The van der Waals surface area contributed by atoms with Gasteiger partial charge in [-0.15, -0.1) is 0 Å². The van der Waals surface area contributed by atoms with Gasteiger partial charge in [-0.2, -0.15) is 0 Å². The molecule has 0 radical (unpaired) electrons. The van der Waals surface area contributed by atoms with Gasteiger partial charge in [0, 0.05) is 31.4 Å². The average Bonchev–Trinajstić information content (AvgIpc) is 2.69. The Morgan fingerprint density at radius 3 is 2.86 bits per heavy atom. The van der Waals surface area contributed by atoms with Gasteiger partial charge in [0.2, 0.25) is 0 Å². The molecule has 0 atom stereocenters. The molecule has 2 aromatic carbocycles. The molecule has 150 valence electrons. The molecule has 6 nitrogen and oxygen atoms in total. The van der Waals surface area contributed by atoms with Crippen molar-refractivity contribution in [3.63, 3.8) is 0 Å². The highest BCUT2D eigenvalue weighted by Crippen LogP contribution is 2.34. The lowest BCUT2D eigenvalue weighted by atomic mass is 9.97. The van der Waals surface area contributed by atoms with E-state index in [-0.39, 0.29) is 12.5 Å². The predicted molar refractivity (Wildman–Crippen MR) is 112 cm³/mol. The Morgan fingerprint density at radius 2 is 2.14 bits per heavy atom. The van der Waals surface area contributed by atoms with Gasteiger partial charge in [0.05, 0.1) is 30.4 Å². The second kappa shape index (κ2) is 9.41. The van der Waals surface area contributed by atoms with Gasteiger partial charge >= 0.3 is 0 Å². The molecular weight excluding hydrogens is 424 g/mol. The summed E-state index contributed by atoms with van der Waals surface area (Å²) in [6.07, 6.45) is 0.829. The zero-order valence-corrected chi connectivity index (χ0v) is 17.7. The average molecular weight is 449 g/mol. The number of aliphatic hydroxyl groups is 1. The number of β-amino-alcohol motifs (C(OH)–C–C–N with tert-alkyl or cyclic N) is 1. The molecule has 1 aliphatic rings. The highest BCUT2D eigenvalue weighted by Gasteiger charge is 2.21. The molecule has 28 heavy (non-hydrogen) atoms. The zero-order valence-electron chi connectivity index (χ0n) is 16.1. The van der Waals surface area contributed by atoms with Crippen LogP contribution in [0.3, 0.4) is 0 Å². The van der Waals surface area contributed by atoms with Crippen molar-refractivity contribution in [3.8, 4) is 11.5 Å².